The number of halogens is 1. The van der Waals surface area contributed by atoms with Gasteiger partial charge in [-0.25, -0.2) is 0 Å². The predicted octanol–water partition coefficient (Wildman–Crippen LogP) is 3.05. The fraction of sp³-hybridized carbons (Fsp3) is 0.562. The fourth-order valence-electron chi connectivity index (χ4n) is 2.74. The number of carbonyl (C=O) groups is 1. The lowest BCUT2D eigenvalue weighted by Gasteiger charge is -2.35. The second kappa shape index (κ2) is 7.34. The molecule has 0 radical (unpaired) electrons. The van der Waals surface area contributed by atoms with Gasteiger partial charge in [-0.1, -0.05) is 34.1 Å². The third-order valence-electron chi connectivity index (χ3n) is 4.12. The van der Waals surface area contributed by atoms with Crippen LogP contribution in [0.3, 0.4) is 0 Å². The van der Waals surface area contributed by atoms with Crippen molar-refractivity contribution in [3.05, 3.63) is 34.3 Å². The Labute approximate surface area is 130 Å². The van der Waals surface area contributed by atoms with Gasteiger partial charge in [0.25, 0.3) is 0 Å². The summed E-state index contributed by atoms with van der Waals surface area (Å²) in [4.78, 5) is 16.9. The number of nitrogens with zero attached hydrogens (tertiary/aromatic N) is 2. The maximum Gasteiger partial charge on any atom is 0.165 e. The summed E-state index contributed by atoms with van der Waals surface area (Å²) < 4.78 is 0.899. The van der Waals surface area contributed by atoms with Gasteiger partial charge in [0, 0.05) is 29.0 Å². The molecular formula is C16H23BrN2O. The molecule has 0 unspecified atom stereocenters. The van der Waals surface area contributed by atoms with Gasteiger partial charge < -0.3 is 9.80 Å². The molecule has 1 saturated heterocycles. The molecule has 1 aliphatic rings. The van der Waals surface area contributed by atoms with E-state index in [0.29, 0.717) is 12.5 Å². The first kappa shape index (κ1) is 15.7. The minimum absolute atomic E-state index is 0.229. The Morgan fingerprint density at radius 2 is 1.95 bits per heavy atom. The summed E-state index contributed by atoms with van der Waals surface area (Å²) in [5.41, 5.74) is 0.802. The fourth-order valence-corrected chi connectivity index (χ4v) is 3.25. The molecule has 1 aromatic rings. The molecular weight excluding hydrogens is 316 g/mol. The highest BCUT2D eigenvalue weighted by atomic mass is 79.9. The smallest absolute Gasteiger partial charge is 0.165 e. The highest BCUT2D eigenvalue weighted by Gasteiger charge is 2.21. The Balaban J connectivity index is 1.79. The van der Waals surface area contributed by atoms with Crippen LogP contribution in [0, 0.1) is 0 Å². The van der Waals surface area contributed by atoms with Crippen LogP contribution in [0.15, 0.2) is 28.7 Å². The minimum Gasteiger partial charge on any atom is -0.306 e. The van der Waals surface area contributed by atoms with Crippen molar-refractivity contribution in [1.29, 1.82) is 0 Å². The van der Waals surface area contributed by atoms with Gasteiger partial charge in [0.15, 0.2) is 5.78 Å². The van der Waals surface area contributed by atoms with Crippen LogP contribution >= 0.6 is 15.9 Å². The average molecular weight is 339 g/mol. The molecule has 3 nitrogen and oxygen atoms in total. The Morgan fingerprint density at radius 1 is 1.30 bits per heavy atom. The van der Waals surface area contributed by atoms with Crippen molar-refractivity contribution in [2.24, 2.45) is 0 Å². The molecule has 0 amide bonds. The van der Waals surface area contributed by atoms with Crippen molar-refractivity contribution in [3.63, 3.8) is 0 Å². The van der Waals surface area contributed by atoms with Crippen LogP contribution in [0.25, 0.3) is 0 Å². The lowest BCUT2D eigenvalue weighted by atomic mass is 10.0. The van der Waals surface area contributed by atoms with E-state index in [0.717, 1.165) is 29.7 Å². The Bertz CT molecular complexity index is 454. The maximum absolute atomic E-state index is 12.2. The molecule has 0 spiro atoms. The zero-order valence-corrected chi connectivity index (χ0v) is 13.9. The molecule has 2 rings (SSSR count). The number of ketones is 1. The van der Waals surface area contributed by atoms with Crippen LogP contribution in [0.5, 0.6) is 0 Å². The van der Waals surface area contributed by atoms with E-state index < -0.39 is 0 Å². The van der Waals surface area contributed by atoms with Gasteiger partial charge in [-0.3, -0.25) is 4.79 Å². The van der Waals surface area contributed by atoms with Gasteiger partial charge in [-0.05, 0) is 46.1 Å². The molecule has 0 aliphatic carbocycles. The zero-order valence-electron chi connectivity index (χ0n) is 12.3. The van der Waals surface area contributed by atoms with Gasteiger partial charge in [-0.15, -0.1) is 0 Å². The Morgan fingerprint density at radius 3 is 2.55 bits per heavy atom. The Hall–Kier alpha value is -0.710. The monoisotopic (exact) mass is 338 g/mol. The topological polar surface area (TPSA) is 23.6 Å². The third kappa shape index (κ3) is 4.14. The average Bonchev–Trinajstić information content (AvgIpc) is 2.45. The predicted molar refractivity (Wildman–Crippen MR) is 86.2 cm³/mol. The van der Waals surface area contributed by atoms with Crippen LogP contribution in [0.2, 0.25) is 0 Å². The van der Waals surface area contributed by atoms with Crippen molar-refractivity contribution < 1.29 is 4.79 Å². The largest absolute Gasteiger partial charge is 0.306 e. The van der Waals surface area contributed by atoms with Crippen LogP contribution in [0.1, 0.15) is 29.6 Å². The van der Waals surface area contributed by atoms with Crippen molar-refractivity contribution in [3.8, 4) is 0 Å². The molecule has 110 valence electrons. The molecule has 1 heterocycles. The van der Waals surface area contributed by atoms with Crippen molar-refractivity contribution in [1.82, 2.24) is 9.80 Å². The number of carbonyl (C=O) groups excluding carboxylic acids is 1. The van der Waals surface area contributed by atoms with E-state index in [-0.39, 0.29) is 5.78 Å². The minimum atomic E-state index is 0.229. The molecule has 0 bridgehead atoms. The molecule has 0 atom stereocenters. The first-order valence-corrected chi connectivity index (χ1v) is 8.03. The summed E-state index contributed by atoms with van der Waals surface area (Å²) in [6.07, 6.45) is 3.02. The normalized spacial score (nSPS) is 17.6. The summed E-state index contributed by atoms with van der Waals surface area (Å²) >= 11 is 3.45. The van der Waals surface area contributed by atoms with Crippen LogP contribution in [-0.4, -0.2) is 55.4 Å². The zero-order chi connectivity index (χ0) is 14.5. The summed E-state index contributed by atoms with van der Waals surface area (Å²) in [6.45, 7) is 3.08. The van der Waals surface area contributed by atoms with Crippen LogP contribution in [0.4, 0.5) is 0 Å². The molecule has 4 heteroatoms. The van der Waals surface area contributed by atoms with E-state index in [1.165, 1.54) is 12.8 Å². The third-order valence-corrected chi connectivity index (χ3v) is 4.81. The van der Waals surface area contributed by atoms with Gasteiger partial charge >= 0.3 is 0 Å². The standard InChI is InChI=1S/C16H23BrN2O/c1-18(2)13-7-10-19(11-8-13)12-9-16(20)14-5-3-4-6-15(14)17/h3-6,13H,7-12H2,1-2H3. The van der Waals surface area contributed by atoms with Crippen molar-refractivity contribution in [2.45, 2.75) is 25.3 Å². The first-order chi connectivity index (χ1) is 9.58. The van der Waals surface area contributed by atoms with E-state index in [1.54, 1.807) is 0 Å². The van der Waals surface area contributed by atoms with Gasteiger partial charge in [0.05, 0.1) is 0 Å². The molecule has 1 aromatic carbocycles. The highest BCUT2D eigenvalue weighted by molar-refractivity contribution is 9.10. The van der Waals surface area contributed by atoms with E-state index in [2.05, 4.69) is 39.8 Å². The molecule has 1 fully saturated rings. The van der Waals surface area contributed by atoms with Gasteiger partial charge in [0.1, 0.15) is 0 Å². The summed E-state index contributed by atoms with van der Waals surface area (Å²) in [7, 11) is 4.30. The lowest BCUT2D eigenvalue weighted by molar-refractivity contribution is 0.0939. The molecule has 20 heavy (non-hydrogen) atoms. The number of likely N-dealkylation sites (tertiary alicyclic amines) is 1. The molecule has 1 aliphatic heterocycles. The van der Waals surface area contributed by atoms with Gasteiger partial charge in [-0.2, -0.15) is 0 Å². The molecule has 0 saturated carbocycles. The second-order valence-electron chi connectivity index (χ2n) is 5.69. The van der Waals surface area contributed by atoms with Crippen molar-refractivity contribution in [2.75, 3.05) is 33.7 Å². The summed E-state index contributed by atoms with van der Waals surface area (Å²) in [5.74, 6) is 0.229. The van der Waals surface area contributed by atoms with E-state index in [1.807, 2.05) is 24.3 Å². The second-order valence-corrected chi connectivity index (χ2v) is 6.54. The van der Waals surface area contributed by atoms with E-state index in [9.17, 15) is 4.79 Å². The van der Waals surface area contributed by atoms with Gasteiger partial charge in [0.2, 0.25) is 0 Å². The number of rotatable bonds is 5. The summed E-state index contributed by atoms with van der Waals surface area (Å²) in [5, 5.41) is 0. The maximum atomic E-state index is 12.2. The number of Topliss-reactive ketones (excluding diaryl/α,β-unsaturated/α-hetero) is 1. The first-order valence-electron chi connectivity index (χ1n) is 7.24. The lowest BCUT2D eigenvalue weighted by Crippen LogP contribution is -2.42. The number of hydrogen-bond donors (Lipinski definition) is 0. The summed E-state index contributed by atoms with van der Waals surface area (Å²) in [6, 6.07) is 8.37. The quantitative estimate of drug-likeness (QED) is 0.771. The molecule has 0 aromatic heterocycles. The van der Waals surface area contributed by atoms with Crippen LogP contribution < -0.4 is 0 Å². The number of hydrogen-bond acceptors (Lipinski definition) is 3. The van der Waals surface area contributed by atoms with Crippen LogP contribution in [-0.2, 0) is 0 Å². The SMILES string of the molecule is CN(C)C1CCN(CCC(=O)c2ccccc2Br)CC1. The Kier molecular flexibility index (Phi) is 5.75. The van der Waals surface area contributed by atoms with E-state index in [4.69, 9.17) is 0 Å². The number of benzene rings is 1. The number of piperidine rings is 1. The highest BCUT2D eigenvalue weighted by Crippen LogP contribution is 2.19. The van der Waals surface area contributed by atoms with Crippen molar-refractivity contribution >= 4 is 21.7 Å². The van der Waals surface area contributed by atoms with E-state index >= 15 is 0 Å². The molecule has 0 N–H and O–H groups in total.